The fraction of sp³-hybridized carbons (Fsp3) is 0.143. The second-order valence-electron chi connectivity index (χ2n) is 2.16. The highest BCUT2D eigenvalue weighted by Crippen LogP contribution is 2.24. The molecule has 1 aromatic heterocycles. The van der Waals surface area contributed by atoms with Crippen molar-refractivity contribution in [3.05, 3.63) is 26.8 Å². The van der Waals surface area contributed by atoms with E-state index in [1.54, 1.807) is 0 Å². The van der Waals surface area contributed by atoms with Crippen molar-refractivity contribution in [2.24, 2.45) is 0 Å². The first-order valence-electron chi connectivity index (χ1n) is 3.15. The standard InChI is InChI=1S/C7H3F3INO/c8-5-1-3(6(9)10)4(2-13)7(11)12-5/h1-2,6H. The van der Waals surface area contributed by atoms with E-state index in [9.17, 15) is 18.0 Å². The molecule has 0 aromatic carbocycles. The minimum atomic E-state index is -2.87. The van der Waals surface area contributed by atoms with Crippen molar-refractivity contribution in [2.75, 3.05) is 0 Å². The Morgan fingerprint density at radius 1 is 1.54 bits per heavy atom. The molecule has 13 heavy (non-hydrogen) atoms. The van der Waals surface area contributed by atoms with Crippen LogP contribution in [-0.2, 0) is 0 Å². The number of alkyl halides is 2. The van der Waals surface area contributed by atoms with Crippen LogP contribution in [0.2, 0.25) is 0 Å². The van der Waals surface area contributed by atoms with E-state index < -0.39 is 17.9 Å². The van der Waals surface area contributed by atoms with Crippen LogP contribution in [0.1, 0.15) is 22.3 Å². The van der Waals surface area contributed by atoms with Crippen LogP contribution in [0, 0.1) is 9.65 Å². The molecule has 0 N–H and O–H groups in total. The minimum absolute atomic E-state index is 0.0529. The number of hydrogen-bond donors (Lipinski definition) is 0. The van der Waals surface area contributed by atoms with E-state index in [0.717, 1.165) is 0 Å². The molecule has 0 bridgehead atoms. The molecular formula is C7H3F3INO. The second-order valence-corrected chi connectivity index (χ2v) is 3.18. The van der Waals surface area contributed by atoms with Gasteiger partial charge in [-0.1, -0.05) is 0 Å². The van der Waals surface area contributed by atoms with Gasteiger partial charge in [-0.15, -0.1) is 0 Å². The second kappa shape index (κ2) is 4.03. The molecule has 0 fully saturated rings. The number of pyridine rings is 1. The van der Waals surface area contributed by atoms with Gasteiger partial charge in [-0.2, -0.15) is 4.39 Å². The van der Waals surface area contributed by atoms with E-state index in [2.05, 4.69) is 4.98 Å². The van der Waals surface area contributed by atoms with Crippen molar-refractivity contribution in [2.45, 2.75) is 6.43 Å². The molecule has 2 nitrogen and oxygen atoms in total. The molecule has 0 amide bonds. The van der Waals surface area contributed by atoms with Gasteiger partial charge in [-0.05, 0) is 22.6 Å². The molecule has 0 aliphatic heterocycles. The van der Waals surface area contributed by atoms with Gasteiger partial charge in [-0.25, -0.2) is 13.8 Å². The molecule has 0 aliphatic carbocycles. The third kappa shape index (κ3) is 2.17. The van der Waals surface area contributed by atoms with E-state index in [1.807, 2.05) is 0 Å². The summed E-state index contributed by atoms with van der Waals surface area (Å²) in [6, 6.07) is 0.566. The van der Waals surface area contributed by atoms with Crippen LogP contribution in [0.25, 0.3) is 0 Å². The summed E-state index contributed by atoms with van der Waals surface area (Å²) in [5.41, 5.74) is -0.871. The molecule has 0 aliphatic rings. The maximum absolute atomic E-state index is 12.5. The molecule has 6 heteroatoms. The summed E-state index contributed by atoms with van der Waals surface area (Å²) < 4.78 is 36.9. The average molecular weight is 301 g/mol. The predicted molar refractivity (Wildman–Crippen MR) is 47.3 cm³/mol. The largest absolute Gasteiger partial charge is 0.298 e. The van der Waals surface area contributed by atoms with Crippen molar-refractivity contribution in [3.8, 4) is 0 Å². The molecule has 0 atom stereocenters. The fourth-order valence-electron chi connectivity index (χ4n) is 0.809. The van der Waals surface area contributed by atoms with Crippen LogP contribution in [-0.4, -0.2) is 11.3 Å². The monoisotopic (exact) mass is 301 g/mol. The van der Waals surface area contributed by atoms with Crippen LogP contribution in [0.15, 0.2) is 6.07 Å². The summed E-state index contributed by atoms with van der Waals surface area (Å²) in [6.45, 7) is 0. The first kappa shape index (κ1) is 10.4. The van der Waals surface area contributed by atoms with Gasteiger partial charge in [0.2, 0.25) is 5.95 Å². The molecule has 70 valence electrons. The molecule has 0 radical (unpaired) electrons. The lowest BCUT2D eigenvalue weighted by Gasteiger charge is -2.04. The molecule has 0 unspecified atom stereocenters. The Balaban J connectivity index is 3.38. The maximum atomic E-state index is 12.5. The predicted octanol–water partition coefficient (Wildman–Crippen LogP) is 2.58. The van der Waals surface area contributed by atoms with Crippen LogP contribution in [0.4, 0.5) is 13.2 Å². The molecule has 0 saturated heterocycles. The van der Waals surface area contributed by atoms with Gasteiger partial charge in [0.1, 0.15) is 3.70 Å². The molecule has 1 heterocycles. The zero-order valence-electron chi connectivity index (χ0n) is 6.10. The quantitative estimate of drug-likeness (QED) is 0.477. The third-order valence-corrected chi connectivity index (χ3v) is 2.19. The van der Waals surface area contributed by atoms with Crippen molar-refractivity contribution in [3.63, 3.8) is 0 Å². The van der Waals surface area contributed by atoms with Gasteiger partial charge in [0, 0.05) is 11.6 Å². The van der Waals surface area contributed by atoms with Crippen LogP contribution >= 0.6 is 22.6 Å². The van der Waals surface area contributed by atoms with E-state index in [4.69, 9.17) is 0 Å². The molecule has 0 spiro atoms. The van der Waals surface area contributed by atoms with E-state index in [0.29, 0.717) is 6.07 Å². The molecule has 1 aromatic rings. The Kier molecular flexibility index (Phi) is 3.23. The Morgan fingerprint density at radius 3 is 2.62 bits per heavy atom. The number of rotatable bonds is 2. The number of halogens is 4. The lowest BCUT2D eigenvalue weighted by atomic mass is 10.1. The Morgan fingerprint density at radius 2 is 2.15 bits per heavy atom. The summed E-state index contributed by atoms with van der Waals surface area (Å²) in [5.74, 6) is -1.01. The number of aldehydes is 1. The number of carbonyl (C=O) groups is 1. The Bertz CT molecular complexity index is 343. The zero-order chi connectivity index (χ0) is 10.0. The highest BCUT2D eigenvalue weighted by Gasteiger charge is 2.17. The number of nitrogens with zero attached hydrogens (tertiary/aromatic N) is 1. The lowest BCUT2D eigenvalue weighted by molar-refractivity contribution is 0.110. The van der Waals surface area contributed by atoms with Gasteiger partial charge in [0.05, 0.1) is 5.56 Å². The number of aromatic nitrogens is 1. The van der Waals surface area contributed by atoms with Crippen molar-refractivity contribution in [1.29, 1.82) is 0 Å². The summed E-state index contributed by atoms with van der Waals surface area (Å²) in [7, 11) is 0. The van der Waals surface area contributed by atoms with E-state index >= 15 is 0 Å². The van der Waals surface area contributed by atoms with Crippen molar-refractivity contribution < 1.29 is 18.0 Å². The minimum Gasteiger partial charge on any atom is -0.298 e. The number of carbonyl (C=O) groups excluding carboxylic acids is 1. The highest BCUT2D eigenvalue weighted by molar-refractivity contribution is 14.1. The smallest absolute Gasteiger partial charge is 0.264 e. The molecule has 1 rings (SSSR count). The first-order chi connectivity index (χ1) is 6.06. The SMILES string of the molecule is O=Cc1c(C(F)F)cc(F)nc1I. The third-order valence-electron chi connectivity index (χ3n) is 1.37. The van der Waals surface area contributed by atoms with Gasteiger partial charge < -0.3 is 0 Å². The zero-order valence-corrected chi connectivity index (χ0v) is 8.26. The van der Waals surface area contributed by atoms with Crippen LogP contribution in [0.3, 0.4) is 0 Å². The lowest BCUT2D eigenvalue weighted by Crippen LogP contribution is -2.01. The maximum Gasteiger partial charge on any atom is 0.264 e. The summed E-state index contributed by atoms with van der Waals surface area (Å²) in [6.07, 6.45) is -2.62. The summed E-state index contributed by atoms with van der Waals surface area (Å²) in [4.78, 5) is 13.6. The van der Waals surface area contributed by atoms with Crippen molar-refractivity contribution in [1.82, 2.24) is 4.98 Å². The topological polar surface area (TPSA) is 30.0 Å². The summed E-state index contributed by atoms with van der Waals surface area (Å²) in [5, 5.41) is 0. The summed E-state index contributed by atoms with van der Waals surface area (Å²) >= 11 is 1.53. The average Bonchev–Trinajstić information content (AvgIpc) is 2.02. The van der Waals surface area contributed by atoms with Gasteiger partial charge in [0.15, 0.2) is 6.29 Å². The van der Waals surface area contributed by atoms with E-state index in [1.165, 1.54) is 22.6 Å². The van der Waals surface area contributed by atoms with Gasteiger partial charge in [0.25, 0.3) is 6.43 Å². The van der Waals surface area contributed by atoms with Crippen molar-refractivity contribution >= 4 is 28.9 Å². The van der Waals surface area contributed by atoms with Crippen LogP contribution in [0.5, 0.6) is 0 Å². The molecule has 0 saturated carbocycles. The number of hydrogen-bond acceptors (Lipinski definition) is 2. The first-order valence-corrected chi connectivity index (χ1v) is 4.23. The van der Waals surface area contributed by atoms with Gasteiger partial charge >= 0.3 is 0 Å². The van der Waals surface area contributed by atoms with Crippen LogP contribution < -0.4 is 0 Å². The Hall–Kier alpha value is -0.660. The highest BCUT2D eigenvalue weighted by atomic mass is 127. The fourth-order valence-corrected chi connectivity index (χ4v) is 1.48. The normalized spacial score (nSPS) is 10.5. The van der Waals surface area contributed by atoms with Gasteiger partial charge in [-0.3, -0.25) is 4.79 Å². The van der Waals surface area contributed by atoms with E-state index in [-0.39, 0.29) is 15.6 Å². The molecular weight excluding hydrogens is 298 g/mol. The Labute approximate surface area is 85.3 Å².